The van der Waals surface area contributed by atoms with Crippen LogP contribution in [0.4, 0.5) is 0 Å². The Morgan fingerprint density at radius 1 is 1.18 bits per heavy atom. The quantitative estimate of drug-likeness (QED) is 0.657. The molecule has 4 rings (SSSR count). The minimum atomic E-state index is -0.502. The summed E-state index contributed by atoms with van der Waals surface area (Å²) in [5.41, 5.74) is 1.28. The summed E-state index contributed by atoms with van der Waals surface area (Å²) in [6.45, 7) is 11.8. The molecule has 0 spiro atoms. The average Bonchev–Trinajstić information content (AvgIpc) is 2.61. The van der Waals surface area contributed by atoms with Gasteiger partial charge in [-0.3, -0.25) is 4.79 Å². The highest BCUT2D eigenvalue weighted by Crippen LogP contribution is 2.48. The minimum absolute atomic E-state index is 0.0680. The maximum Gasteiger partial charge on any atom is 0.336 e. The van der Waals surface area contributed by atoms with Crippen LogP contribution in [0.25, 0.3) is 17.0 Å². The van der Waals surface area contributed by atoms with E-state index in [0.29, 0.717) is 28.9 Å². The van der Waals surface area contributed by atoms with Crippen molar-refractivity contribution in [1.82, 2.24) is 0 Å². The Bertz CT molecular complexity index is 1010. The van der Waals surface area contributed by atoms with Gasteiger partial charge in [0, 0.05) is 12.5 Å². The van der Waals surface area contributed by atoms with Crippen LogP contribution in [-0.2, 0) is 6.42 Å². The number of hydrogen-bond acceptors (Lipinski definition) is 5. The molecule has 150 valence electrons. The SMILES string of the molecule is CC.CCCc1cc(=O)oc2c3c(c4c(c12)OC(C)(C)C=C4)O[C@H](C)CC3=O. The molecule has 1 aromatic carbocycles. The number of fused-ring (bicyclic) bond motifs is 6. The third kappa shape index (κ3) is 3.34. The first-order valence-electron chi connectivity index (χ1n) is 10.1. The minimum Gasteiger partial charge on any atom is -0.489 e. The van der Waals surface area contributed by atoms with E-state index < -0.39 is 11.2 Å². The van der Waals surface area contributed by atoms with Crippen LogP contribution in [0.3, 0.4) is 0 Å². The fourth-order valence-electron chi connectivity index (χ4n) is 3.73. The molecule has 0 bridgehead atoms. The fraction of sp³-hybridized carbons (Fsp3) is 0.478. The lowest BCUT2D eigenvalue weighted by Gasteiger charge is -2.33. The van der Waals surface area contributed by atoms with Crippen molar-refractivity contribution in [3.63, 3.8) is 0 Å². The van der Waals surface area contributed by atoms with E-state index in [1.165, 1.54) is 6.07 Å². The van der Waals surface area contributed by atoms with Gasteiger partial charge in [-0.05, 0) is 44.9 Å². The molecule has 0 saturated heterocycles. The van der Waals surface area contributed by atoms with Crippen LogP contribution in [0.5, 0.6) is 11.5 Å². The van der Waals surface area contributed by atoms with E-state index in [0.717, 1.165) is 17.5 Å². The monoisotopic (exact) mass is 384 g/mol. The van der Waals surface area contributed by atoms with E-state index in [4.69, 9.17) is 13.9 Å². The molecule has 1 atom stereocenters. The molecule has 0 N–H and O–H groups in total. The first kappa shape index (κ1) is 20.2. The zero-order chi connectivity index (χ0) is 20.6. The number of rotatable bonds is 2. The van der Waals surface area contributed by atoms with Crippen molar-refractivity contribution in [3.8, 4) is 11.5 Å². The fourth-order valence-corrected chi connectivity index (χ4v) is 3.73. The molecule has 0 amide bonds. The Morgan fingerprint density at radius 3 is 2.57 bits per heavy atom. The summed E-state index contributed by atoms with van der Waals surface area (Å²) in [4.78, 5) is 25.0. The number of benzene rings is 1. The number of ketones is 1. The van der Waals surface area contributed by atoms with Crippen LogP contribution in [0.15, 0.2) is 21.4 Å². The summed E-state index contributed by atoms with van der Waals surface area (Å²) in [6, 6.07) is 1.50. The highest BCUT2D eigenvalue weighted by Gasteiger charge is 2.36. The molecule has 28 heavy (non-hydrogen) atoms. The van der Waals surface area contributed by atoms with Crippen LogP contribution >= 0.6 is 0 Å². The molecule has 0 aliphatic carbocycles. The standard InChI is InChI=1S/C21H22O5.C2H6/c1-5-6-12-10-15(23)25-20-16(12)19-13(7-8-21(3,4)26-19)18-17(20)14(22)9-11(2)24-18;1-2/h7-8,10-11H,5-6,9H2,1-4H3;1-2H3/t11-;/m1./s1. The van der Waals surface area contributed by atoms with Gasteiger partial charge in [-0.25, -0.2) is 4.79 Å². The second-order valence-electron chi connectivity index (χ2n) is 7.59. The van der Waals surface area contributed by atoms with Crippen molar-refractivity contribution >= 4 is 22.8 Å². The Balaban J connectivity index is 0.00000109. The summed E-state index contributed by atoms with van der Waals surface area (Å²) in [5, 5.41) is 0.712. The summed E-state index contributed by atoms with van der Waals surface area (Å²) >= 11 is 0. The summed E-state index contributed by atoms with van der Waals surface area (Å²) in [6.07, 6.45) is 5.50. The first-order valence-corrected chi connectivity index (χ1v) is 10.1. The van der Waals surface area contributed by atoms with E-state index in [-0.39, 0.29) is 23.9 Å². The van der Waals surface area contributed by atoms with Gasteiger partial charge in [-0.15, -0.1) is 0 Å². The topological polar surface area (TPSA) is 65.7 Å². The highest BCUT2D eigenvalue weighted by atomic mass is 16.5. The number of ether oxygens (including phenoxy) is 2. The van der Waals surface area contributed by atoms with Gasteiger partial charge in [-0.1, -0.05) is 27.2 Å². The van der Waals surface area contributed by atoms with Crippen molar-refractivity contribution in [2.75, 3.05) is 0 Å². The Hall–Kier alpha value is -2.56. The normalized spacial score (nSPS) is 19.1. The third-order valence-electron chi connectivity index (χ3n) is 4.82. The molecular weight excluding hydrogens is 356 g/mol. The molecule has 2 aliphatic heterocycles. The predicted molar refractivity (Wildman–Crippen MR) is 111 cm³/mol. The molecule has 3 heterocycles. The number of hydrogen-bond donors (Lipinski definition) is 0. The summed E-state index contributed by atoms with van der Waals surface area (Å²) in [7, 11) is 0. The molecule has 2 aromatic rings. The maximum absolute atomic E-state index is 12.8. The molecule has 0 saturated carbocycles. The van der Waals surface area contributed by atoms with Crippen LogP contribution in [-0.4, -0.2) is 17.5 Å². The van der Waals surface area contributed by atoms with Gasteiger partial charge in [0.1, 0.15) is 28.8 Å². The van der Waals surface area contributed by atoms with Gasteiger partial charge < -0.3 is 13.9 Å². The van der Waals surface area contributed by atoms with Crippen LogP contribution in [0.1, 0.15) is 75.9 Å². The molecular formula is C23H28O5. The van der Waals surface area contributed by atoms with Crippen molar-refractivity contribution in [2.24, 2.45) is 0 Å². The lowest BCUT2D eigenvalue weighted by Crippen LogP contribution is -2.30. The Kier molecular flexibility index (Phi) is 5.37. The molecule has 5 heteroatoms. The molecule has 0 radical (unpaired) electrons. The van der Waals surface area contributed by atoms with Crippen molar-refractivity contribution in [3.05, 3.63) is 39.3 Å². The Morgan fingerprint density at radius 2 is 1.89 bits per heavy atom. The third-order valence-corrected chi connectivity index (χ3v) is 4.82. The zero-order valence-corrected chi connectivity index (χ0v) is 17.5. The summed E-state index contributed by atoms with van der Waals surface area (Å²) in [5.74, 6) is 1.02. The van der Waals surface area contributed by atoms with Gasteiger partial charge in [0.05, 0.1) is 10.9 Å². The van der Waals surface area contributed by atoms with Gasteiger partial charge in [0.15, 0.2) is 11.4 Å². The lowest BCUT2D eigenvalue weighted by atomic mass is 9.90. The number of aryl methyl sites for hydroxylation is 1. The number of Topliss-reactive ketones (excluding diaryl/α,β-unsaturated/α-hetero) is 1. The number of carbonyl (C=O) groups excluding carboxylic acids is 1. The van der Waals surface area contributed by atoms with Gasteiger partial charge in [0.25, 0.3) is 0 Å². The largest absolute Gasteiger partial charge is 0.489 e. The van der Waals surface area contributed by atoms with Gasteiger partial charge in [-0.2, -0.15) is 0 Å². The summed E-state index contributed by atoms with van der Waals surface area (Å²) < 4.78 is 17.8. The van der Waals surface area contributed by atoms with Crippen molar-refractivity contribution < 1.29 is 18.7 Å². The number of carbonyl (C=O) groups is 1. The highest BCUT2D eigenvalue weighted by molar-refractivity contribution is 6.13. The molecule has 2 aliphatic rings. The maximum atomic E-state index is 12.8. The van der Waals surface area contributed by atoms with Crippen molar-refractivity contribution in [2.45, 2.75) is 72.5 Å². The van der Waals surface area contributed by atoms with Crippen LogP contribution in [0.2, 0.25) is 0 Å². The van der Waals surface area contributed by atoms with Crippen LogP contribution < -0.4 is 15.1 Å². The van der Waals surface area contributed by atoms with E-state index in [9.17, 15) is 9.59 Å². The first-order chi connectivity index (χ1) is 13.3. The average molecular weight is 384 g/mol. The van der Waals surface area contributed by atoms with Gasteiger partial charge in [0.2, 0.25) is 0 Å². The van der Waals surface area contributed by atoms with Crippen LogP contribution in [0, 0.1) is 0 Å². The van der Waals surface area contributed by atoms with E-state index >= 15 is 0 Å². The second-order valence-corrected chi connectivity index (χ2v) is 7.59. The van der Waals surface area contributed by atoms with Gasteiger partial charge >= 0.3 is 5.63 Å². The smallest absolute Gasteiger partial charge is 0.336 e. The molecule has 0 unspecified atom stereocenters. The predicted octanol–water partition coefficient (Wildman–Crippen LogP) is 5.31. The van der Waals surface area contributed by atoms with E-state index in [1.807, 2.05) is 53.7 Å². The van der Waals surface area contributed by atoms with E-state index in [2.05, 4.69) is 0 Å². The molecule has 5 nitrogen and oxygen atoms in total. The zero-order valence-electron chi connectivity index (χ0n) is 17.5. The molecule has 1 aromatic heterocycles. The molecule has 0 fully saturated rings. The second kappa shape index (κ2) is 7.46. The Labute approximate surface area is 165 Å². The van der Waals surface area contributed by atoms with E-state index in [1.54, 1.807) is 0 Å². The lowest BCUT2D eigenvalue weighted by molar-refractivity contribution is 0.0869. The van der Waals surface area contributed by atoms with Crippen molar-refractivity contribution in [1.29, 1.82) is 0 Å².